The van der Waals surface area contributed by atoms with Gasteiger partial charge in [0.05, 0.1) is 17.7 Å². The predicted molar refractivity (Wildman–Crippen MR) is 70.2 cm³/mol. The molecule has 2 rings (SSSR count). The van der Waals surface area contributed by atoms with Crippen molar-refractivity contribution in [1.29, 1.82) is 0 Å². The van der Waals surface area contributed by atoms with Crippen LogP contribution in [0.25, 0.3) is 0 Å². The standard InChI is InChI=1S/C12H18N4S/c1-3-12-14-8-11(17-12)7-13-4-5-16-9-10(2)6-15-16/h6,8-9,13H,3-5,7H2,1-2H3. The van der Waals surface area contributed by atoms with Crippen LogP contribution in [0.1, 0.15) is 22.4 Å². The minimum atomic E-state index is 0.901. The van der Waals surface area contributed by atoms with E-state index < -0.39 is 0 Å². The van der Waals surface area contributed by atoms with Crippen molar-refractivity contribution in [3.8, 4) is 0 Å². The van der Waals surface area contributed by atoms with Crippen molar-refractivity contribution in [1.82, 2.24) is 20.1 Å². The zero-order valence-corrected chi connectivity index (χ0v) is 11.1. The van der Waals surface area contributed by atoms with E-state index in [-0.39, 0.29) is 0 Å². The quantitative estimate of drug-likeness (QED) is 0.797. The maximum absolute atomic E-state index is 4.34. The highest BCUT2D eigenvalue weighted by atomic mass is 32.1. The zero-order chi connectivity index (χ0) is 12.1. The Kier molecular flexibility index (Phi) is 4.28. The van der Waals surface area contributed by atoms with E-state index in [0.717, 1.165) is 26.1 Å². The molecule has 0 aliphatic rings. The van der Waals surface area contributed by atoms with Crippen LogP contribution in [-0.4, -0.2) is 21.3 Å². The molecule has 0 aliphatic carbocycles. The summed E-state index contributed by atoms with van der Waals surface area (Å²) in [6, 6.07) is 0. The van der Waals surface area contributed by atoms with Crippen LogP contribution in [0, 0.1) is 6.92 Å². The molecule has 0 fully saturated rings. The third-order valence-corrected chi connectivity index (χ3v) is 3.62. The Morgan fingerprint density at radius 1 is 1.41 bits per heavy atom. The second kappa shape index (κ2) is 5.93. The number of aryl methyl sites for hydroxylation is 2. The van der Waals surface area contributed by atoms with E-state index in [9.17, 15) is 0 Å². The number of aromatic nitrogens is 3. The van der Waals surface area contributed by atoms with Gasteiger partial charge in [-0.15, -0.1) is 11.3 Å². The van der Waals surface area contributed by atoms with Crippen molar-refractivity contribution < 1.29 is 0 Å². The van der Waals surface area contributed by atoms with Gasteiger partial charge < -0.3 is 5.32 Å². The van der Waals surface area contributed by atoms with Crippen LogP contribution in [0.15, 0.2) is 18.6 Å². The zero-order valence-electron chi connectivity index (χ0n) is 10.3. The summed E-state index contributed by atoms with van der Waals surface area (Å²) in [5, 5.41) is 8.86. The molecule has 0 radical (unpaired) electrons. The van der Waals surface area contributed by atoms with Crippen molar-refractivity contribution in [2.75, 3.05) is 6.54 Å². The van der Waals surface area contributed by atoms with Crippen molar-refractivity contribution in [3.05, 3.63) is 34.0 Å². The summed E-state index contributed by atoms with van der Waals surface area (Å²) in [7, 11) is 0. The summed E-state index contributed by atoms with van der Waals surface area (Å²) in [5.74, 6) is 0. The Morgan fingerprint density at radius 2 is 2.29 bits per heavy atom. The van der Waals surface area contributed by atoms with Crippen molar-refractivity contribution in [2.24, 2.45) is 0 Å². The average molecular weight is 250 g/mol. The molecule has 0 saturated heterocycles. The topological polar surface area (TPSA) is 42.7 Å². The van der Waals surface area contributed by atoms with Gasteiger partial charge >= 0.3 is 0 Å². The van der Waals surface area contributed by atoms with E-state index in [1.54, 1.807) is 11.3 Å². The predicted octanol–water partition coefficient (Wildman–Crippen LogP) is 2.00. The van der Waals surface area contributed by atoms with Crippen LogP contribution in [0.2, 0.25) is 0 Å². The Labute approximate surface area is 106 Å². The maximum Gasteiger partial charge on any atom is 0.0925 e. The van der Waals surface area contributed by atoms with E-state index in [0.29, 0.717) is 0 Å². The van der Waals surface area contributed by atoms with Crippen LogP contribution >= 0.6 is 11.3 Å². The fourth-order valence-corrected chi connectivity index (χ4v) is 2.42. The van der Waals surface area contributed by atoms with Gasteiger partial charge in [0.25, 0.3) is 0 Å². The van der Waals surface area contributed by atoms with Gasteiger partial charge in [0.1, 0.15) is 0 Å². The van der Waals surface area contributed by atoms with E-state index in [4.69, 9.17) is 0 Å². The van der Waals surface area contributed by atoms with Gasteiger partial charge in [-0.2, -0.15) is 5.10 Å². The molecule has 0 spiro atoms. The smallest absolute Gasteiger partial charge is 0.0925 e. The molecule has 92 valence electrons. The monoisotopic (exact) mass is 250 g/mol. The van der Waals surface area contributed by atoms with Crippen LogP contribution in [0.4, 0.5) is 0 Å². The van der Waals surface area contributed by atoms with E-state index in [2.05, 4.69) is 35.4 Å². The minimum absolute atomic E-state index is 0.901. The molecule has 4 nitrogen and oxygen atoms in total. The highest BCUT2D eigenvalue weighted by Crippen LogP contribution is 2.12. The molecular weight excluding hydrogens is 232 g/mol. The van der Waals surface area contributed by atoms with Crippen molar-refractivity contribution in [2.45, 2.75) is 33.4 Å². The van der Waals surface area contributed by atoms with Gasteiger partial charge in [0, 0.05) is 30.4 Å². The normalized spacial score (nSPS) is 10.9. The lowest BCUT2D eigenvalue weighted by molar-refractivity contribution is 0.556. The third kappa shape index (κ3) is 3.64. The Hall–Kier alpha value is -1.20. The molecule has 0 bridgehead atoms. The molecular formula is C12H18N4S. The SMILES string of the molecule is CCc1ncc(CNCCn2cc(C)cn2)s1. The average Bonchev–Trinajstić information content (AvgIpc) is 2.93. The number of thiazole rings is 1. The summed E-state index contributed by atoms with van der Waals surface area (Å²) < 4.78 is 1.96. The molecule has 1 N–H and O–H groups in total. The Balaban J connectivity index is 1.69. The Morgan fingerprint density at radius 3 is 2.94 bits per heavy atom. The maximum atomic E-state index is 4.34. The molecule has 5 heteroatoms. The molecule has 0 aliphatic heterocycles. The van der Waals surface area contributed by atoms with E-state index >= 15 is 0 Å². The first-order valence-electron chi connectivity index (χ1n) is 5.91. The Bertz CT molecular complexity index is 461. The second-order valence-electron chi connectivity index (χ2n) is 4.03. The molecule has 2 aromatic heterocycles. The summed E-state index contributed by atoms with van der Waals surface area (Å²) in [6.07, 6.45) is 6.94. The number of rotatable bonds is 6. The lowest BCUT2D eigenvalue weighted by Gasteiger charge is -2.02. The van der Waals surface area contributed by atoms with E-state index in [1.165, 1.54) is 15.4 Å². The van der Waals surface area contributed by atoms with Crippen molar-refractivity contribution >= 4 is 11.3 Å². The van der Waals surface area contributed by atoms with Crippen LogP contribution in [0.3, 0.4) is 0 Å². The highest BCUT2D eigenvalue weighted by Gasteiger charge is 1.99. The van der Waals surface area contributed by atoms with Gasteiger partial charge in [0.2, 0.25) is 0 Å². The van der Waals surface area contributed by atoms with Crippen LogP contribution in [0.5, 0.6) is 0 Å². The fourth-order valence-electron chi connectivity index (χ4n) is 1.59. The van der Waals surface area contributed by atoms with E-state index in [1.807, 2.05) is 17.1 Å². The summed E-state index contributed by atoms with van der Waals surface area (Å²) in [5.41, 5.74) is 1.21. The molecule has 2 heterocycles. The van der Waals surface area contributed by atoms with Crippen LogP contribution < -0.4 is 5.32 Å². The molecule has 0 aromatic carbocycles. The van der Waals surface area contributed by atoms with Crippen LogP contribution in [-0.2, 0) is 19.5 Å². The number of hydrogen-bond acceptors (Lipinski definition) is 4. The van der Waals surface area contributed by atoms with Gasteiger partial charge in [-0.25, -0.2) is 4.98 Å². The molecule has 17 heavy (non-hydrogen) atoms. The van der Waals surface area contributed by atoms with Gasteiger partial charge in [-0.05, 0) is 18.9 Å². The lowest BCUT2D eigenvalue weighted by atomic mass is 10.4. The molecule has 0 amide bonds. The first-order valence-corrected chi connectivity index (χ1v) is 6.73. The highest BCUT2D eigenvalue weighted by molar-refractivity contribution is 7.11. The summed E-state index contributed by atoms with van der Waals surface area (Å²) >= 11 is 1.79. The number of nitrogens with zero attached hydrogens (tertiary/aromatic N) is 3. The van der Waals surface area contributed by atoms with Crippen molar-refractivity contribution in [3.63, 3.8) is 0 Å². The lowest BCUT2D eigenvalue weighted by Crippen LogP contribution is -2.19. The fraction of sp³-hybridized carbons (Fsp3) is 0.500. The first kappa shape index (κ1) is 12.3. The number of hydrogen-bond donors (Lipinski definition) is 1. The molecule has 0 atom stereocenters. The number of nitrogens with one attached hydrogen (secondary N) is 1. The second-order valence-corrected chi connectivity index (χ2v) is 5.23. The third-order valence-electron chi connectivity index (χ3n) is 2.48. The summed E-state index contributed by atoms with van der Waals surface area (Å²) in [6.45, 7) is 6.93. The molecule has 0 saturated carbocycles. The molecule has 2 aromatic rings. The molecule has 0 unspecified atom stereocenters. The van der Waals surface area contributed by atoms with Gasteiger partial charge in [-0.1, -0.05) is 6.92 Å². The largest absolute Gasteiger partial charge is 0.310 e. The van der Waals surface area contributed by atoms with Gasteiger partial charge in [-0.3, -0.25) is 4.68 Å². The summed E-state index contributed by atoms with van der Waals surface area (Å²) in [4.78, 5) is 5.64. The van der Waals surface area contributed by atoms with Gasteiger partial charge in [0.15, 0.2) is 0 Å². The minimum Gasteiger partial charge on any atom is -0.310 e. The first-order chi connectivity index (χ1) is 8.28.